The normalized spacial score (nSPS) is 11.2. The van der Waals surface area contributed by atoms with E-state index in [0.717, 1.165) is 6.21 Å². The lowest BCUT2D eigenvalue weighted by molar-refractivity contribution is 0.0698. The average Bonchev–Trinajstić information content (AvgIpc) is 2.53. The van der Waals surface area contributed by atoms with Crippen molar-refractivity contribution in [1.29, 1.82) is 0 Å². The van der Waals surface area contributed by atoms with Crippen molar-refractivity contribution in [3.63, 3.8) is 0 Å². The third kappa shape index (κ3) is 2.94. The van der Waals surface area contributed by atoms with Crippen molar-refractivity contribution in [1.82, 2.24) is 0 Å². The number of hydrogen-bond donors (Lipinski definition) is 3. The number of aliphatic imine (C=N–C) groups is 1. The summed E-state index contributed by atoms with van der Waals surface area (Å²) in [5, 5.41) is 29.5. The van der Waals surface area contributed by atoms with Crippen LogP contribution >= 0.6 is 0 Å². The Morgan fingerprint density at radius 2 is 1.92 bits per heavy atom. The molecule has 0 bridgehead atoms. The first-order valence-electron chi connectivity index (χ1n) is 7.24. The van der Waals surface area contributed by atoms with E-state index < -0.39 is 17.1 Å². The Hall–Kier alpha value is -3.61. The molecule has 0 aliphatic rings. The molecule has 25 heavy (non-hydrogen) atoms. The number of rotatable bonds is 3. The summed E-state index contributed by atoms with van der Waals surface area (Å²) in [6, 6.07) is 8.45. The highest BCUT2D eigenvalue weighted by molar-refractivity contribution is 6.00. The zero-order valence-corrected chi connectivity index (χ0v) is 13.1. The van der Waals surface area contributed by atoms with Crippen LogP contribution in [0.25, 0.3) is 11.0 Å². The maximum absolute atomic E-state index is 12.1. The van der Waals surface area contributed by atoms with E-state index in [1.54, 1.807) is 19.1 Å². The Kier molecular flexibility index (Phi) is 3.98. The Morgan fingerprint density at radius 3 is 2.64 bits per heavy atom. The molecule has 0 saturated heterocycles. The number of carbonyl (C=O) groups is 1. The predicted octanol–water partition coefficient (Wildman–Crippen LogP) is 2.96. The largest absolute Gasteiger partial charge is 0.507 e. The lowest BCUT2D eigenvalue weighted by Gasteiger charge is -2.07. The Morgan fingerprint density at radius 1 is 1.20 bits per heavy atom. The van der Waals surface area contributed by atoms with E-state index in [-0.39, 0.29) is 33.5 Å². The first-order chi connectivity index (χ1) is 11.9. The van der Waals surface area contributed by atoms with Gasteiger partial charge in [-0.1, -0.05) is 12.1 Å². The predicted molar refractivity (Wildman–Crippen MR) is 91.2 cm³/mol. The van der Waals surface area contributed by atoms with Gasteiger partial charge < -0.3 is 19.7 Å². The Bertz CT molecular complexity index is 1080. The monoisotopic (exact) mass is 339 g/mol. The maximum Gasteiger partial charge on any atom is 0.337 e. The molecule has 1 aromatic heterocycles. The molecule has 0 radical (unpaired) electrons. The van der Waals surface area contributed by atoms with Crippen molar-refractivity contribution in [3.8, 4) is 11.5 Å². The topological polar surface area (TPSA) is 120 Å². The highest BCUT2D eigenvalue weighted by Gasteiger charge is 2.16. The molecule has 0 spiro atoms. The van der Waals surface area contributed by atoms with E-state index in [9.17, 15) is 19.8 Å². The number of aromatic carboxylic acids is 1. The molecule has 0 aliphatic heterocycles. The van der Waals surface area contributed by atoms with E-state index >= 15 is 0 Å². The second-order valence-corrected chi connectivity index (χ2v) is 5.33. The fraction of sp³-hybridized carbons (Fsp3) is 0.0556. The van der Waals surface area contributed by atoms with Crippen molar-refractivity contribution >= 4 is 28.8 Å². The van der Waals surface area contributed by atoms with Gasteiger partial charge in [0.15, 0.2) is 5.43 Å². The van der Waals surface area contributed by atoms with Crippen molar-refractivity contribution in [2.24, 2.45) is 4.99 Å². The molecule has 3 aromatic rings. The lowest BCUT2D eigenvalue weighted by atomic mass is 10.1. The number of fused-ring (bicyclic) bond motifs is 1. The second-order valence-electron chi connectivity index (χ2n) is 5.33. The number of benzene rings is 2. The third-order valence-electron chi connectivity index (χ3n) is 3.60. The molecule has 126 valence electrons. The minimum atomic E-state index is -1.16. The molecule has 0 fully saturated rings. The van der Waals surface area contributed by atoms with Crippen LogP contribution in [-0.2, 0) is 0 Å². The highest BCUT2D eigenvalue weighted by atomic mass is 16.4. The summed E-state index contributed by atoms with van der Waals surface area (Å²) in [4.78, 5) is 27.3. The lowest BCUT2D eigenvalue weighted by Crippen LogP contribution is -2.02. The number of nitrogens with zero attached hydrogens (tertiary/aromatic N) is 1. The molecule has 0 amide bonds. The van der Waals surface area contributed by atoms with Gasteiger partial charge in [0, 0.05) is 18.3 Å². The molecular weight excluding hydrogens is 326 g/mol. The van der Waals surface area contributed by atoms with Gasteiger partial charge in [0.1, 0.15) is 28.2 Å². The van der Waals surface area contributed by atoms with Gasteiger partial charge in [-0.2, -0.15) is 0 Å². The minimum absolute atomic E-state index is 0.0337. The highest BCUT2D eigenvalue weighted by Crippen LogP contribution is 2.33. The van der Waals surface area contributed by atoms with E-state index in [4.69, 9.17) is 9.52 Å². The molecular formula is C18H13NO6. The second kappa shape index (κ2) is 6.12. The van der Waals surface area contributed by atoms with E-state index in [0.29, 0.717) is 5.76 Å². The number of carboxylic acid groups (broad SMARTS) is 1. The van der Waals surface area contributed by atoms with Gasteiger partial charge in [0.25, 0.3) is 0 Å². The van der Waals surface area contributed by atoms with Crippen LogP contribution in [0.1, 0.15) is 21.7 Å². The summed E-state index contributed by atoms with van der Waals surface area (Å²) in [6.07, 6.45) is 1.10. The van der Waals surface area contributed by atoms with Crippen LogP contribution < -0.4 is 5.43 Å². The van der Waals surface area contributed by atoms with Crippen LogP contribution in [0.3, 0.4) is 0 Å². The summed E-state index contributed by atoms with van der Waals surface area (Å²) < 4.78 is 5.33. The van der Waals surface area contributed by atoms with Gasteiger partial charge >= 0.3 is 5.97 Å². The number of para-hydroxylation sites is 1. The number of aromatic hydroxyl groups is 2. The Balaban J connectivity index is 2.18. The van der Waals surface area contributed by atoms with Crippen LogP contribution in [0.4, 0.5) is 5.69 Å². The molecule has 1 heterocycles. The van der Waals surface area contributed by atoms with Crippen LogP contribution in [0.5, 0.6) is 11.5 Å². The summed E-state index contributed by atoms with van der Waals surface area (Å²) in [7, 11) is 0. The van der Waals surface area contributed by atoms with Crippen LogP contribution in [0.15, 0.2) is 50.6 Å². The molecule has 0 aliphatic carbocycles. The zero-order valence-electron chi connectivity index (χ0n) is 13.1. The van der Waals surface area contributed by atoms with Gasteiger partial charge in [0.05, 0.1) is 16.8 Å². The van der Waals surface area contributed by atoms with Crippen LogP contribution in [0.2, 0.25) is 0 Å². The maximum atomic E-state index is 12.1. The molecule has 0 atom stereocenters. The number of hydrogen-bond acceptors (Lipinski definition) is 6. The number of phenols is 2. The average molecular weight is 339 g/mol. The van der Waals surface area contributed by atoms with Gasteiger partial charge in [-0.3, -0.25) is 9.79 Å². The third-order valence-corrected chi connectivity index (χ3v) is 3.60. The molecule has 0 unspecified atom stereocenters. The zero-order chi connectivity index (χ0) is 18.1. The van der Waals surface area contributed by atoms with Crippen molar-refractivity contribution in [2.75, 3.05) is 0 Å². The van der Waals surface area contributed by atoms with Gasteiger partial charge in [-0.15, -0.1) is 0 Å². The van der Waals surface area contributed by atoms with E-state index in [1.165, 1.54) is 24.3 Å². The minimum Gasteiger partial charge on any atom is -0.507 e. The molecule has 7 heteroatoms. The number of carboxylic acids is 1. The number of aryl methyl sites for hydroxylation is 1. The summed E-state index contributed by atoms with van der Waals surface area (Å²) in [5.74, 6) is -1.65. The SMILES string of the molecule is Cc1cc(=O)c2c(O)c(C=Nc3ccccc3C(=O)O)c(O)cc2o1. The molecule has 7 nitrogen and oxygen atoms in total. The van der Waals surface area contributed by atoms with Crippen molar-refractivity contribution < 1.29 is 24.5 Å². The molecule has 3 rings (SSSR count). The first kappa shape index (κ1) is 16.3. The van der Waals surface area contributed by atoms with E-state index in [1.807, 2.05) is 0 Å². The standard InChI is InChI=1S/C18H13NO6/c1-9-6-14(21)16-15(25-9)7-13(20)11(17(16)22)8-19-12-5-3-2-4-10(12)18(23)24/h2-8,20,22H,1H3,(H,23,24). The summed E-state index contributed by atoms with van der Waals surface area (Å²) in [5.41, 5.74) is -0.415. The summed E-state index contributed by atoms with van der Waals surface area (Å²) >= 11 is 0. The van der Waals surface area contributed by atoms with Crippen LogP contribution in [0, 0.1) is 6.92 Å². The Labute approximate surface area is 141 Å². The van der Waals surface area contributed by atoms with Gasteiger partial charge in [0.2, 0.25) is 0 Å². The fourth-order valence-electron chi connectivity index (χ4n) is 2.45. The smallest absolute Gasteiger partial charge is 0.337 e. The van der Waals surface area contributed by atoms with Gasteiger partial charge in [-0.25, -0.2) is 4.79 Å². The molecule has 0 saturated carbocycles. The quantitative estimate of drug-likeness (QED) is 0.631. The van der Waals surface area contributed by atoms with Gasteiger partial charge in [-0.05, 0) is 19.1 Å². The van der Waals surface area contributed by atoms with Crippen molar-refractivity contribution in [3.05, 3.63) is 63.5 Å². The van der Waals surface area contributed by atoms with Crippen LogP contribution in [-0.4, -0.2) is 27.5 Å². The molecule has 2 aromatic carbocycles. The fourth-order valence-corrected chi connectivity index (χ4v) is 2.45. The van der Waals surface area contributed by atoms with Crippen molar-refractivity contribution in [2.45, 2.75) is 6.92 Å². The number of phenolic OH excluding ortho intramolecular Hbond substituents is 2. The molecule has 3 N–H and O–H groups in total. The van der Waals surface area contributed by atoms with E-state index in [2.05, 4.69) is 4.99 Å². The summed E-state index contributed by atoms with van der Waals surface area (Å²) in [6.45, 7) is 1.58. The first-order valence-corrected chi connectivity index (χ1v) is 7.24.